The second-order valence-electron chi connectivity index (χ2n) is 5.01. The van der Waals surface area contributed by atoms with Gasteiger partial charge in [0.15, 0.2) is 0 Å². The minimum Gasteiger partial charge on any atom is -0.444 e. The van der Waals surface area contributed by atoms with Gasteiger partial charge in [-0.3, -0.25) is 0 Å². The van der Waals surface area contributed by atoms with Crippen LogP contribution >= 0.6 is 11.8 Å². The summed E-state index contributed by atoms with van der Waals surface area (Å²) < 4.78 is 18.8. The molecule has 0 aromatic rings. The van der Waals surface area contributed by atoms with Crippen LogP contribution in [0, 0.1) is 0 Å². The summed E-state index contributed by atoms with van der Waals surface area (Å²) in [4.78, 5) is 13.1. The molecule has 0 N–H and O–H groups in total. The van der Waals surface area contributed by atoms with Crippen molar-refractivity contribution in [3.63, 3.8) is 0 Å². The summed E-state index contributed by atoms with van der Waals surface area (Å²) in [6.07, 6.45) is 1.24. The van der Waals surface area contributed by atoms with Gasteiger partial charge in [0.1, 0.15) is 11.8 Å². The molecule has 2 atom stereocenters. The molecule has 1 aliphatic heterocycles. The average molecular weight is 249 g/mol. The van der Waals surface area contributed by atoms with Crippen LogP contribution in [0.5, 0.6) is 0 Å². The van der Waals surface area contributed by atoms with E-state index < -0.39 is 17.9 Å². The molecule has 0 bridgehead atoms. The van der Waals surface area contributed by atoms with Crippen molar-refractivity contribution in [2.75, 3.05) is 19.3 Å². The zero-order chi connectivity index (χ0) is 12.3. The lowest BCUT2D eigenvalue weighted by Gasteiger charge is -2.34. The second kappa shape index (κ2) is 5.25. The Morgan fingerprint density at radius 1 is 1.50 bits per heavy atom. The van der Waals surface area contributed by atoms with Gasteiger partial charge < -0.3 is 9.64 Å². The minimum atomic E-state index is -0.948. The molecule has 1 saturated heterocycles. The number of hydrogen-bond acceptors (Lipinski definition) is 3. The lowest BCUT2D eigenvalue weighted by molar-refractivity contribution is 0.0147. The standard InChI is InChI=1S/C11H20FNO2S/c1-11(2,3)15-10(14)13-6-5-9(16-4)8(12)7-13/h8-9H,5-7H2,1-4H3/t8-,9-/m1/s1. The monoisotopic (exact) mass is 249 g/mol. The van der Waals surface area contributed by atoms with Gasteiger partial charge in [0.2, 0.25) is 0 Å². The second-order valence-corrected chi connectivity index (χ2v) is 6.08. The molecular formula is C11H20FNO2S. The van der Waals surface area contributed by atoms with Gasteiger partial charge in [-0.1, -0.05) is 0 Å². The van der Waals surface area contributed by atoms with E-state index in [1.54, 1.807) is 0 Å². The van der Waals surface area contributed by atoms with E-state index in [0.717, 1.165) is 0 Å². The quantitative estimate of drug-likeness (QED) is 0.715. The summed E-state index contributed by atoms with van der Waals surface area (Å²) in [6.45, 7) is 6.17. The van der Waals surface area contributed by atoms with Crippen LogP contribution in [0.2, 0.25) is 0 Å². The number of amides is 1. The molecule has 0 aromatic heterocycles. The molecule has 1 fully saturated rings. The molecular weight excluding hydrogens is 229 g/mol. The number of hydrogen-bond donors (Lipinski definition) is 0. The zero-order valence-electron chi connectivity index (χ0n) is 10.3. The maximum atomic E-state index is 13.6. The summed E-state index contributed by atoms with van der Waals surface area (Å²) in [5.74, 6) is 0. The lowest BCUT2D eigenvalue weighted by Crippen LogP contribution is -2.47. The molecule has 5 heteroatoms. The summed E-state index contributed by atoms with van der Waals surface area (Å²) in [7, 11) is 0. The van der Waals surface area contributed by atoms with E-state index in [1.807, 2.05) is 27.0 Å². The van der Waals surface area contributed by atoms with Gasteiger partial charge >= 0.3 is 6.09 Å². The first kappa shape index (κ1) is 13.6. The Labute approximate surface area is 101 Å². The summed E-state index contributed by atoms with van der Waals surface area (Å²) >= 11 is 1.53. The largest absolute Gasteiger partial charge is 0.444 e. The van der Waals surface area contributed by atoms with Gasteiger partial charge in [-0.2, -0.15) is 11.8 Å². The Morgan fingerprint density at radius 2 is 2.12 bits per heavy atom. The van der Waals surface area contributed by atoms with Gasteiger partial charge in [0, 0.05) is 11.8 Å². The number of piperidine rings is 1. The first-order chi connectivity index (χ1) is 7.33. The van der Waals surface area contributed by atoms with E-state index in [-0.39, 0.29) is 11.8 Å². The fourth-order valence-electron chi connectivity index (χ4n) is 1.64. The Kier molecular flexibility index (Phi) is 4.47. The minimum absolute atomic E-state index is 0.0127. The maximum Gasteiger partial charge on any atom is 0.410 e. The summed E-state index contributed by atoms with van der Waals surface area (Å²) in [5, 5.41) is 0.0127. The van der Waals surface area contributed by atoms with Crippen LogP contribution in [0.25, 0.3) is 0 Å². The van der Waals surface area contributed by atoms with E-state index in [2.05, 4.69) is 0 Å². The van der Waals surface area contributed by atoms with Crippen LogP contribution in [-0.4, -0.2) is 47.4 Å². The summed E-state index contributed by atoms with van der Waals surface area (Å²) in [5.41, 5.74) is -0.515. The van der Waals surface area contributed by atoms with Crippen LogP contribution in [-0.2, 0) is 4.74 Å². The smallest absolute Gasteiger partial charge is 0.410 e. The van der Waals surface area contributed by atoms with Crippen molar-refractivity contribution in [3.05, 3.63) is 0 Å². The molecule has 16 heavy (non-hydrogen) atoms. The van der Waals surface area contributed by atoms with E-state index in [1.165, 1.54) is 16.7 Å². The molecule has 1 heterocycles. The first-order valence-electron chi connectivity index (χ1n) is 5.48. The predicted molar refractivity (Wildman–Crippen MR) is 64.6 cm³/mol. The van der Waals surface area contributed by atoms with E-state index in [0.29, 0.717) is 13.0 Å². The highest BCUT2D eigenvalue weighted by molar-refractivity contribution is 7.99. The van der Waals surface area contributed by atoms with Gasteiger partial charge in [-0.25, -0.2) is 9.18 Å². The molecule has 0 aliphatic carbocycles. The van der Waals surface area contributed by atoms with Crippen molar-refractivity contribution in [1.29, 1.82) is 0 Å². The fraction of sp³-hybridized carbons (Fsp3) is 0.909. The van der Waals surface area contributed by atoms with Crippen molar-refractivity contribution >= 4 is 17.9 Å². The molecule has 0 saturated carbocycles. The highest BCUT2D eigenvalue weighted by Crippen LogP contribution is 2.25. The molecule has 94 valence electrons. The third-order valence-electron chi connectivity index (χ3n) is 2.44. The number of ether oxygens (including phenoxy) is 1. The van der Waals surface area contributed by atoms with Crippen LogP contribution in [0.3, 0.4) is 0 Å². The highest BCUT2D eigenvalue weighted by atomic mass is 32.2. The van der Waals surface area contributed by atoms with Crippen LogP contribution < -0.4 is 0 Å². The highest BCUT2D eigenvalue weighted by Gasteiger charge is 2.32. The Bertz CT molecular complexity index is 255. The van der Waals surface area contributed by atoms with Gasteiger partial charge in [-0.05, 0) is 33.4 Å². The van der Waals surface area contributed by atoms with Crippen LogP contribution in [0.1, 0.15) is 27.2 Å². The number of carbonyl (C=O) groups is 1. The number of likely N-dealkylation sites (tertiary alicyclic amines) is 1. The third kappa shape index (κ3) is 3.85. The molecule has 3 nitrogen and oxygen atoms in total. The SMILES string of the molecule is CS[C@@H]1CCN(C(=O)OC(C)(C)C)C[C@H]1F. The summed E-state index contributed by atoms with van der Waals surface area (Å²) in [6, 6.07) is 0. The van der Waals surface area contributed by atoms with Crippen molar-refractivity contribution in [3.8, 4) is 0 Å². The molecule has 0 radical (unpaired) electrons. The molecule has 0 aromatic carbocycles. The van der Waals surface area contributed by atoms with E-state index >= 15 is 0 Å². The van der Waals surface area contributed by atoms with Crippen molar-refractivity contribution in [2.24, 2.45) is 0 Å². The number of alkyl halides is 1. The Morgan fingerprint density at radius 3 is 2.56 bits per heavy atom. The molecule has 0 spiro atoms. The van der Waals surface area contributed by atoms with Crippen molar-refractivity contribution in [2.45, 2.75) is 44.2 Å². The Hall–Kier alpha value is -0.450. The van der Waals surface area contributed by atoms with Crippen molar-refractivity contribution < 1.29 is 13.9 Å². The van der Waals surface area contributed by atoms with Crippen molar-refractivity contribution in [1.82, 2.24) is 4.90 Å². The number of rotatable bonds is 1. The normalized spacial score (nSPS) is 26.7. The average Bonchev–Trinajstić information content (AvgIpc) is 2.15. The molecule has 1 rings (SSSR count). The number of halogens is 1. The van der Waals surface area contributed by atoms with Crippen LogP contribution in [0.15, 0.2) is 0 Å². The fourth-order valence-corrected chi connectivity index (χ4v) is 2.36. The zero-order valence-corrected chi connectivity index (χ0v) is 11.1. The van der Waals surface area contributed by atoms with E-state index in [4.69, 9.17) is 4.74 Å². The number of carbonyl (C=O) groups excluding carboxylic acids is 1. The third-order valence-corrected chi connectivity index (χ3v) is 3.57. The van der Waals surface area contributed by atoms with Gasteiger partial charge in [-0.15, -0.1) is 0 Å². The Balaban J connectivity index is 2.48. The van der Waals surface area contributed by atoms with E-state index in [9.17, 15) is 9.18 Å². The maximum absolute atomic E-state index is 13.6. The topological polar surface area (TPSA) is 29.5 Å². The molecule has 1 amide bonds. The number of nitrogens with zero attached hydrogens (tertiary/aromatic N) is 1. The van der Waals surface area contributed by atoms with Gasteiger partial charge in [0.05, 0.1) is 6.54 Å². The van der Waals surface area contributed by atoms with Gasteiger partial charge in [0.25, 0.3) is 0 Å². The number of thioether (sulfide) groups is 1. The first-order valence-corrected chi connectivity index (χ1v) is 6.77. The molecule has 0 unspecified atom stereocenters. The van der Waals surface area contributed by atoms with Crippen LogP contribution in [0.4, 0.5) is 9.18 Å². The predicted octanol–water partition coefficient (Wildman–Crippen LogP) is 2.70. The lowest BCUT2D eigenvalue weighted by atomic mass is 10.1. The molecule has 1 aliphatic rings.